The Morgan fingerprint density at radius 2 is 1.60 bits per heavy atom. The predicted octanol–water partition coefficient (Wildman–Crippen LogP) is 4.85. The third kappa shape index (κ3) is 8.91. The van der Waals surface area contributed by atoms with Crippen LogP contribution in [0.1, 0.15) is 42.9 Å². The molecule has 40 heavy (non-hydrogen) atoms. The molecule has 0 aliphatic heterocycles. The summed E-state index contributed by atoms with van der Waals surface area (Å²) in [6.07, 6.45) is 2.45. The molecule has 0 heterocycles. The van der Waals surface area contributed by atoms with Crippen LogP contribution in [-0.4, -0.2) is 50.5 Å². The zero-order valence-electron chi connectivity index (χ0n) is 23.3. The number of hydrogen-bond acceptors (Lipinski definition) is 4. The summed E-state index contributed by atoms with van der Waals surface area (Å²) in [6, 6.07) is 21.8. The highest BCUT2D eigenvalue weighted by Crippen LogP contribution is 2.21. The van der Waals surface area contributed by atoms with Gasteiger partial charge >= 0.3 is 0 Å². The minimum atomic E-state index is -3.66. The number of aryl methyl sites for hydroxylation is 1. The molecule has 0 aliphatic rings. The maximum Gasteiger partial charge on any atom is 0.243 e. The van der Waals surface area contributed by atoms with E-state index in [0.29, 0.717) is 18.7 Å². The molecule has 0 aliphatic carbocycles. The van der Waals surface area contributed by atoms with E-state index in [1.807, 2.05) is 68.4 Å². The van der Waals surface area contributed by atoms with Crippen molar-refractivity contribution in [2.75, 3.05) is 23.7 Å². The quantitative estimate of drug-likeness (QED) is 0.302. The Hall–Kier alpha value is -3.72. The van der Waals surface area contributed by atoms with E-state index in [0.717, 1.165) is 29.4 Å². The van der Waals surface area contributed by atoms with Crippen LogP contribution in [-0.2, 0) is 32.6 Å². The molecule has 0 saturated carbocycles. The van der Waals surface area contributed by atoms with Crippen LogP contribution in [0, 0.1) is 12.7 Å². The van der Waals surface area contributed by atoms with E-state index < -0.39 is 21.9 Å². The second-order valence-electron chi connectivity index (χ2n) is 9.86. The first-order valence-corrected chi connectivity index (χ1v) is 15.3. The Morgan fingerprint density at radius 3 is 2.23 bits per heavy atom. The second-order valence-corrected chi connectivity index (χ2v) is 11.8. The van der Waals surface area contributed by atoms with Gasteiger partial charge in [-0.15, -0.1) is 0 Å². The smallest absolute Gasteiger partial charge is 0.243 e. The number of sulfonamides is 1. The van der Waals surface area contributed by atoms with E-state index in [4.69, 9.17) is 0 Å². The van der Waals surface area contributed by atoms with Crippen molar-refractivity contribution >= 4 is 27.5 Å². The van der Waals surface area contributed by atoms with Crippen molar-refractivity contribution < 1.29 is 22.4 Å². The summed E-state index contributed by atoms with van der Waals surface area (Å²) in [5.41, 5.74) is 3.20. The number of amides is 2. The Kier molecular flexibility index (Phi) is 11.3. The molecular formula is C31H38FN3O4S. The Morgan fingerprint density at radius 1 is 0.950 bits per heavy atom. The van der Waals surface area contributed by atoms with Crippen LogP contribution in [0.3, 0.4) is 0 Å². The van der Waals surface area contributed by atoms with Crippen LogP contribution in [0.4, 0.5) is 10.1 Å². The molecule has 2 amide bonds. The molecule has 0 saturated heterocycles. The molecule has 214 valence electrons. The fourth-order valence-electron chi connectivity index (χ4n) is 4.50. The van der Waals surface area contributed by atoms with Crippen molar-refractivity contribution in [2.45, 2.75) is 52.1 Å². The Bertz CT molecular complexity index is 1360. The zero-order chi connectivity index (χ0) is 29.1. The van der Waals surface area contributed by atoms with Crippen molar-refractivity contribution in [1.29, 1.82) is 0 Å². The third-order valence-electron chi connectivity index (χ3n) is 6.69. The number of halogens is 1. The zero-order valence-corrected chi connectivity index (χ0v) is 24.2. The van der Waals surface area contributed by atoms with E-state index >= 15 is 0 Å². The lowest BCUT2D eigenvalue weighted by molar-refractivity contribution is -0.141. The van der Waals surface area contributed by atoms with Gasteiger partial charge in [-0.3, -0.25) is 13.9 Å². The van der Waals surface area contributed by atoms with E-state index in [9.17, 15) is 22.4 Å². The largest absolute Gasteiger partial charge is 0.354 e. The molecule has 0 fully saturated rings. The summed E-state index contributed by atoms with van der Waals surface area (Å²) < 4.78 is 39.6. The standard InChI is InChI=1S/C31H38FN3O4S/c1-4-20-33-31(37)29(22-25-12-6-5-7-13-25)34(23-26-14-9-8-11-24(26)2)30(36)15-10-21-35(40(3,38)39)28-18-16-27(32)17-19-28/h5-9,11-14,16-19,29H,4,10,15,20-23H2,1-3H3,(H,33,37)/t29-/m0/s1. The molecule has 9 heteroatoms. The van der Waals surface area contributed by atoms with Crippen molar-refractivity contribution in [3.05, 3.63) is 101 Å². The maximum atomic E-state index is 13.8. The lowest BCUT2D eigenvalue weighted by atomic mass is 10.0. The van der Waals surface area contributed by atoms with Crippen molar-refractivity contribution in [2.24, 2.45) is 0 Å². The van der Waals surface area contributed by atoms with Crippen LogP contribution >= 0.6 is 0 Å². The van der Waals surface area contributed by atoms with Gasteiger partial charge in [-0.2, -0.15) is 0 Å². The number of carbonyl (C=O) groups is 2. The van der Waals surface area contributed by atoms with Gasteiger partial charge in [-0.05, 0) is 60.7 Å². The summed E-state index contributed by atoms with van der Waals surface area (Å²) in [5, 5.41) is 2.96. The minimum absolute atomic E-state index is 0.0332. The fourth-order valence-corrected chi connectivity index (χ4v) is 5.47. The SMILES string of the molecule is CCCNC(=O)[C@H](Cc1ccccc1)N(Cc1ccccc1C)C(=O)CCCN(c1ccc(F)cc1)S(C)(=O)=O. The number of anilines is 1. The predicted molar refractivity (Wildman–Crippen MR) is 157 cm³/mol. The third-order valence-corrected chi connectivity index (χ3v) is 7.88. The van der Waals surface area contributed by atoms with Crippen LogP contribution in [0.25, 0.3) is 0 Å². The number of nitrogens with one attached hydrogen (secondary N) is 1. The van der Waals surface area contributed by atoms with E-state index in [1.165, 1.54) is 28.6 Å². The van der Waals surface area contributed by atoms with Crippen LogP contribution in [0.2, 0.25) is 0 Å². The molecule has 0 unspecified atom stereocenters. The topological polar surface area (TPSA) is 86.8 Å². The van der Waals surface area contributed by atoms with Gasteiger partial charge in [0.2, 0.25) is 21.8 Å². The lowest BCUT2D eigenvalue weighted by Crippen LogP contribution is -2.50. The normalized spacial score (nSPS) is 12.0. The highest BCUT2D eigenvalue weighted by molar-refractivity contribution is 7.92. The summed E-state index contributed by atoms with van der Waals surface area (Å²) in [5.74, 6) is -0.940. The van der Waals surface area contributed by atoms with Gasteiger partial charge in [0.05, 0.1) is 11.9 Å². The number of nitrogens with zero attached hydrogens (tertiary/aromatic N) is 2. The Balaban J connectivity index is 1.87. The lowest BCUT2D eigenvalue weighted by Gasteiger charge is -2.32. The average Bonchev–Trinajstić information content (AvgIpc) is 2.93. The number of rotatable bonds is 14. The molecular weight excluding hydrogens is 529 g/mol. The van der Waals surface area contributed by atoms with Gasteiger partial charge in [0, 0.05) is 32.5 Å². The highest BCUT2D eigenvalue weighted by atomic mass is 32.2. The summed E-state index contributed by atoms with van der Waals surface area (Å²) in [7, 11) is -3.66. The first kappa shape index (κ1) is 30.8. The summed E-state index contributed by atoms with van der Waals surface area (Å²) >= 11 is 0. The molecule has 0 aromatic heterocycles. The molecule has 0 radical (unpaired) electrons. The molecule has 3 rings (SSSR count). The van der Waals surface area contributed by atoms with Gasteiger partial charge < -0.3 is 10.2 Å². The molecule has 0 bridgehead atoms. The van der Waals surface area contributed by atoms with Crippen molar-refractivity contribution in [3.63, 3.8) is 0 Å². The van der Waals surface area contributed by atoms with Gasteiger partial charge in [-0.1, -0.05) is 61.5 Å². The minimum Gasteiger partial charge on any atom is -0.354 e. The van der Waals surface area contributed by atoms with Crippen molar-refractivity contribution in [3.8, 4) is 0 Å². The van der Waals surface area contributed by atoms with Crippen LogP contribution in [0.5, 0.6) is 0 Å². The molecule has 3 aromatic carbocycles. The summed E-state index contributed by atoms with van der Waals surface area (Å²) in [4.78, 5) is 28.9. The van der Waals surface area contributed by atoms with E-state index in [2.05, 4.69) is 5.32 Å². The maximum absolute atomic E-state index is 13.8. The second kappa shape index (κ2) is 14.6. The monoisotopic (exact) mass is 567 g/mol. The first-order valence-electron chi connectivity index (χ1n) is 13.5. The van der Waals surface area contributed by atoms with Crippen LogP contribution < -0.4 is 9.62 Å². The average molecular weight is 568 g/mol. The molecule has 7 nitrogen and oxygen atoms in total. The van der Waals surface area contributed by atoms with Gasteiger partial charge in [0.25, 0.3) is 0 Å². The molecule has 0 spiro atoms. The molecule has 3 aromatic rings. The number of benzene rings is 3. The molecule has 1 atom stereocenters. The number of hydrogen-bond donors (Lipinski definition) is 1. The fraction of sp³-hybridized carbons (Fsp3) is 0.355. The van der Waals surface area contributed by atoms with E-state index in [-0.39, 0.29) is 37.7 Å². The molecule has 1 N–H and O–H groups in total. The highest BCUT2D eigenvalue weighted by Gasteiger charge is 2.30. The first-order chi connectivity index (χ1) is 19.1. The van der Waals surface area contributed by atoms with Crippen LogP contribution in [0.15, 0.2) is 78.9 Å². The van der Waals surface area contributed by atoms with Gasteiger partial charge in [-0.25, -0.2) is 12.8 Å². The Labute approximate surface area is 237 Å². The van der Waals surface area contributed by atoms with Gasteiger partial charge in [0.15, 0.2) is 0 Å². The van der Waals surface area contributed by atoms with E-state index in [1.54, 1.807) is 4.90 Å². The summed E-state index contributed by atoms with van der Waals surface area (Å²) in [6.45, 7) is 4.72. The number of carbonyl (C=O) groups excluding carboxylic acids is 2. The van der Waals surface area contributed by atoms with Crippen molar-refractivity contribution in [1.82, 2.24) is 10.2 Å². The van der Waals surface area contributed by atoms with Gasteiger partial charge in [0.1, 0.15) is 11.9 Å².